The van der Waals surface area contributed by atoms with Gasteiger partial charge in [0.05, 0.1) is 24.3 Å². The summed E-state index contributed by atoms with van der Waals surface area (Å²) in [5, 5.41) is 15.0. The number of benzene rings is 2. The minimum absolute atomic E-state index is 0.0631. The van der Waals surface area contributed by atoms with Gasteiger partial charge in [-0.3, -0.25) is 0 Å². The average molecular weight is 385 g/mol. The Labute approximate surface area is 155 Å². The molecule has 0 unspecified atom stereocenters. The first-order valence-electron chi connectivity index (χ1n) is 7.38. The van der Waals surface area contributed by atoms with Gasteiger partial charge in [0.25, 0.3) is 0 Å². The van der Waals surface area contributed by atoms with Gasteiger partial charge in [-0.2, -0.15) is 0 Å². The summed E-state index contributed by atoms with van der Waals surface area (Å²) in [4.78, 5) is 11.9. The molecule has 0 atom stereocenters. The number of phenolic OH excluding ortho intramolecular Hbond substituents is 1. The highest BCUT2D eigenvalue weighted by Crippen LogP contribution is 2.34. The highest BCUT2D eigenvalue weighted by Gasteiger charge is 2.09. The summed E-state index contributed by atoms with van der Waals surface area (Å²) < 4.78 is 10.4. The van der Waals surface area contributed by atoms with Crippen LogP contribution >= 0.6 is 23.2 Å². The van der Waals surface area contributed by atoms with Crippen LogP contribution in [0.2, 0.25) is 10.0 Å². The summed E-state index contributed by atoms with van der Waals surface area (Å²) in [6.45, 7) is 0.418. The number of carbonyl (C=O) groups excluding carboxylic acids is 1. The first-order chi connectivity index (χ1) is 11.9. The van der Waals surface area contributed by atoms with Crippen molar-refractivity contribution < 1.29 is 19.4 Å². The zero-order valence-electron chi connectivity index (χ0n) is 13.7. The number of hydrogen-bond donors (Lipinski definition) is 3. The normalized spacial score (nSPS) is 10.2. The molecule has 0 aromatic heterocycles. The molecular weight excluding hydrogens is 367 g/mol. The number of amides is 2. The SMILES string of the molecule is COc1ccc(CCNC(=O)Nc2cc(Cl)c(O)c(Cl)c2)cc1OC. The van der Waals surface area contributed by atoms with Crippen LogP contribution in [0.1, 0.15) is 5.56 Å². The molecule has 25 heavy (non-hydrogen) atoms. The molecule has 0 aliphatic rings. The zero-order chi connectivity index (χ0) is 18.4. The van der Waals surface area contributed by atoms with Crippen molar-refractivity contribution >= 4 is 34.9 Å². The third kappa shape index (κ3) is 5.08. The van der Waals surface area contributed by atoms with E-state index in [0.717, 1.165) is 5.56 Å². The number of anilines is 1. The maximum atomic E-state index is 11.9. The smallest absolute Gasteiger partial charge is 0.319 e. The number of phenols is 1. The molecule has 134 valence electrons. The van der Waals surface area contributed by atoms with E-state index in [-0.39, 0.29) is 15.8 Å². The summed E-state index contributed by atoms with van der Waals surface area (Å²) in [5.41, 5.74) is 1.38. The van der Waals surface area contributed by atoms with E-state index in [4.69, 9.17) is 32.7 Å². The molecule has 2 amide bonds. The molecule has 3 N–H and O–H groups in total. The predicted molar refractivity (Wildman–Crippen MR) is 98.4 cm³/mol. The Balaban J connectivity index is 1.88. The molecule has 2 aromatic rings. The maximum absolute atomic E-state index is 11.9. The van der Waals surface area contributed by atoms with Crippen molar-refractivity contribution in [2.45, 2.75) is 6.42 Å². The lowest BCUT2D eigenvalue weighted by Crippen LogP contribution is -2.30. The molecule has 0 aliphatic carbocycles. The van der Waals surface area contributed by atoms with Crippen LogP contribution in [0.4, 0.5) is 10.5 Å². The fraction of sp³-hybridized carbons (Fsp3) is 0.235. The summed E-state index contributed by atoms with van der Waals surface area (Å²) in [6.07, 6.45) is 0.616. The van der Waals surface area contributed by atoms with Crippen LogP contribution < -0.4 is 20.1 Å². The number of methoxy groups -OCH3 is 2. The van der Waals surface area contributed by atoms with Crippen LogP contribution in [0.3, 0.4) is 0 Å². The Bertz CT molecular complexity index is 745. The van der Waals surface area contributed by atoms with Gasteiger partial charge in [-0.05, 0) is 36.2 Å². The molecule has 8 heteroatoms. The molecule has 0 heterocycles. The Kier molecular flexibility index (Phi) is 6.61. The largest absolute Gasteiger partial charge is 0.505 e. The van der Waals surface area contributed by atoms with Crippen molar-refractivity contribution in [1.29, 1.82) is 0 Å². The summed E-state index contributed by atoms with van der Waals surface area (Å²) >= 11 is 11.6. The van der Waals surface area contributed by atoms with Gasteiger partial charge in [-0.1, -0.05) is 29.3 Å². The Hall–Kier alpha value is -2.31. The van der Waals surface area contributed by atoms with Crippen LogP contribution in [0.15, 0.2) is 30.3 Å². The highest BCUT2D eigenvalue weighted by molar-refractivity contribution is 6.37. The number of rotatable bonds is 6. The first kappa shape index (κ1) is 19.0. The lowest BCUT2D eigenvalue weighted by Gasteiger charge is -2.11. The number of hydrogen-bond acceptors (Lipinski definition) is 4. The molecule has 2 rings (SSSR count). The molecule has 0 saturated heterocycles. The Morgan fingerprint density at radius 3 is 2.32 bits per heavy atom. The third-order valence-corrected chi connectivity index (χ3v) is 4.00. The quantitative estimate of drug-likeness (QED) is 0.655. The topological polar surface area (TPSA) is 79.8 Å². The van der Waals surface area contributed by atoms with E-state index < -0.39 is 6.03 Å². The predicted octanol–water partition coefficient (Wildman–Crippen LogP) is 4.08. The van der Waals surface area contributed by atoms with Gasteiger partial charge in [0.15, 0.2) is 17.2 Å². The number of urea groups is 1. The van der Waals surface area contributed by atoms with Gasteiger partial charge < -0.3 is 25.2 Å². The molecule has 0 saturated carbocycles. The first-order valence-corrected chi connectivity index (χ1v) is 8.14. The lowest BCUT2D eigenvalue weighted by molar-refractivity contribution is 0.252. The van der Waals surface area contributed by atoms with Crippen LogP contribution in [0, 0.1) is 0 Å². The average Bonchev–Trinajstić information content (AvgIpc) is 2.59. The van der Waals surface area contributed by atoms with Crippen molar-refractivity contribution in [1.82, 2.24) is 5.32 Å². The number of halogens is 2. The Morgan fingerprint density at radius 1 is 1.08 bits per heavy atom. The molecule has 0 aliphatic heterocycles. The zero-order valence-corrected chi connectivity index (χ0v) is 15.2. The van der Waals surface area contributed by atoms with E-state index >= 15 is 0 Å². The van der Waals surface area contributed by atoms with E-state index in [1.165, 1.54) is 12.1 Å². The maximum Gasteiger partial charge on any atom is 0.319 e. The van der Waals surface area contributed by atoms with E-state index in [2.05, 4.69) is 10.6 Å². The molecule has 6 nitrogen and oxygen atoms in total. The van der Waals surface area contributed by atoms with Crippen molar-refractivity contribution in [2.24, 2.45) is 0 Å². The van der Waals surface area contributed by atoms with E-state index in [1.54, 1.807) is 14.2 Å². The van der Waals surface area contributed by atoms with E-state index in [9.17, 15) is 9.90 Å². The van der Waals surface area contributed by atoms with Crippen LogP contribution in [-0.2, 0) is 6.42 Å². The molecule has 2 aromatic carbocycles. The van der Waals surface area contributed by atoms with Crippen molar-refractivity contribution in [3.8, 4) is 17.2 Å². The molecular formula is C17H18Cl2N2O4. The van der Waals surface area contributed by atoms with Gasteiger partial charge in [-0.25, -0.2) is 4.79 Å². The minimum Gasteiger partial charge on any atom is -0.505 e. The second-order valence-corrected chi connectivity index (χ2v) is 5.92. The second kappa shape index (κ2) is 8.69. The molecule has 0 bridgehead atoms. The third-order valence-electron chi connectivity index (χ3n) is 3.42. The summed E-state index contributed by atoms with van der Waals surface area (Å²) in [6, 6.07) is 8.00. The Morgan fingerprint density at radius 2 is 1.72 bits per heavy atom. The summed E-state index contributed by atoms with van der Waals surface area (Å²) in [5.74, 6) is 1.07. The van der Waals surface area contributed by atoms with Gasteiger partial charge in [0, 0.05) is 12.2 Å². The summed E-state index contributed by atoms with van der Waals surface area (Å²) in [7, 11) is 3.15. The van der Waals surface area contributed by atoms with E-state index in [0.29, 0.717) is 30.2 Å². The number of nitrogens with one attached hydrogen (secondary N) is 2. The van der Waals surface area contributed by atoms with Crippen LogP contribution in [0.5, 0.6) is 17.2 Å². The van der Waals surface area contributed by atoms with Crippen molar-refractivity contribution in [3.05, 3.63) is 45.9 Å². The van der Waals surface area contributed by atoms with Crippen LogP contribution in [0.25, 0.3) is 0 Å². The monoisotopic (exact) mass is 384 g/mol. The van der Waals surface area contributed by atoms with Crippen LogP contribution in [-0.4, -0.2) is 31.9 Å². The lowest BCUT2D eigenvalue weighted by atomic mass is 10.1. The molecule has 0 fully saturated rings. The van der Waals surface area contributed by atoms with E-state index in [1.807, 2.05) is 18.2 Å². The highest BCUT2D eigenvalue weighted by atomic mass is 35.5. The minimum atomic E-state index is -0.404. The van der Waals surface area contributed by atoms with Gasteiger partial charge in [0.1, 0.15) is 0 Å². The molecule has 0 spiro atoms. The second-order valence-electron chi connectivity index (χ2n) is 5.11. The number of aromatic hydroxyl groups is 1. The number of ether oxygens (including phenoxy) is 2. The van der Waals surface area contributed by atoms with Gasteiger partial charge in [0.2, 0.25) is 0 Å². The molecule has 0 radical (unpaired) electrons. The standard InChI is InChI=1S/C17H18Cl2N2O4/c1-24-14-4-3-10(7-15(14)25-2)5-6-20-17(23)21-11-8-12(18)16(22)13(19)9-11/h3-4,7-9,22H,5-6H2,1-2H3,(H2,20,21,23). The van der Waals surface area contributed by atoms with Gasteiger partial charge in [-0.15, -0.1) is 0 Å². The number of carbonyl (C=O) groups is 1. The van der Waals surface area contributed by atoms with Crippen molar-refractivity contribution in [2.75, 3.05) is 26.1 Å². The van der Waals surface area contributed by atoms with Crippen molar-refractivity contribution in [3.63, 3.8) is 0 Å². The fourth-order valence-corrected chi connectivity index (χ4v) is 2.66. The van der Waals surface area contributed by atoms with Gasteiger partial charge >= 0.3 is 6.03 Å². The fourth-order valence-electron chi connectivity index (χ4n) is 2.17.